The van der Waals surface area contributed by atoms with Gasteiger partial charge < -0.3 is 14.9 Å². The molecule has 0 unspecified atom stereocenters. The summed E-state index contributed by atoms with van der Waals surface area (Å²) in [4.78, 5) is 21.7. The molecule has 32 heavy (non-hydrogen) atoms. The molecule has 9 heteroatoms. The van der Waals surface area contributed by atoms with Gasteiger partial charge in [-0.25, -0.2) is 13.4 Å². The number of sulfone groups is 1. The number of pyridine rings is 1. The lowest BCUT2D eigenvalue weighted by atomic mass is 10.0. The lowest BCUT2D eigenvalue weighted by Gasteiger charge is -2.10. The van der Waals surface area contributed by atoms with Crippen LogP contribution >= 0.6 is 0 Å². The van der Waals surface area contributed by atoms with E-state index in [9.17, 15) is 13.2 Å². The maximum atomic E-state index is 12.4. The van der Waals surface area contributed by atoms with Crippen LogP contribution in [0.2, 0.25) is 0 Å². The van der Waals surface area contributed by atoms with Gasteiger partial charge >= 0.3 is 0 Å². The number of rotatable bonds is 6. The highest BCUT2D eigenvalue weighted by molar-refractivity contribution is 7.90. The molecule has 3 aromatic rings. The molecular formula is C23H21N3O5S. The zero-order chi connectivity index (χ0) is 22.6. The van der Waals surface area contributed by atoms with Crippen molar-refractivity contribution in [1.29, 1.82) is 0 Å². The van der Waals surface area contributed by atoms with Crippen LogP contribution in [0.5, 0.6) is 5.75 Å². The number of benzene rings is 2. The Morgan fingerprint density at radius 3 is 2.50 bits per heavy atom. The van der Waals surface area contributed by atoms with E-state index in [2.05, 4.69) is 15.5 Å². The molecule has 2 heterocycles. The van der Waals surface area contributed by atoms with Gasteiger partial charge in [0, 0.05) is 18.4 Å². The summed E-state index contributed by atoms with van der Waals surface area (Å²) in [5, 5.41) is 6.82. The molecule has 8 nitrogen and oxygen atoms in total. The maximum absolute atomic E-state index is 12.4. The lowest BCUT2D eigenvalue weighted by Crippen LogP contribution is -2.22. The van der Waals surface area contributed by atoms with Crippen molar-refractivity contribution >= 4 is 21.6 Å². The van der Waals surface area contributed by atoms with Gasteiger partial charge in [0.05, 0.1) is 12.6 Å². The number of hydrogen-bond donors (Lipinski definition) is 1. The second-order valence-electron chi connectivity index (χ2n) is 7.28. The molecule has 0 saturated carbocycles. The largest absolute Gasteiger partial charge is 0.438 e. The van der Waals surface area contributed by atoms with Crippen molar-refractivity contribution in [3.63, 3.8) is 0 Å². The van der Waals surface area contributed by atoms with Gasteiger partial charge in [0.25, 0.3) is 5.91 Å². The molecule has 0 aliphatic carbocycles. The van der Waals surface area contributed by atoms with E-state index in [0.717, 1.165) is 17.4 Å². The highest BCUT2D eigenvalue weighted by Gasteiger charge is 2.25. The van der Waals surface area contributed by atoms with Crippen LogP contribution in [-0.2, 0) is 21.2 Å². The number of nitrogens with one attached hydrogen (secondary N) is 1. The Balaban J connectivity index is 1.31. The first-order chi connectivity index (χ1) is 15.4. The van der Waals surface area contributed by atoms with Crippen LogP contribution in [0, 0.1) is 0 Å². The fourth-order valence-corrected chi connectivity index (χ4v) is 3.67. The first-order valence-corrected chi connectivity index (χ1v) is 11.8. The number of amides is 1. The van der Waals surface area contributed by atoms with E-state index in [1.165, 1.54) is 18.3 Å². The molecule has 0 saturated heterocycles. The molecule has 2 aromatic carbocycles. The van der Waals surface area contributed by atoms with E-state index in [1.54, 1.807) is 12.1 Å². The maximum Gasteiger partial charge on any atom is 0.251 e. The molecule has 0 bridgehead atoms. The van der Waals surface area contributed by atoms with Gasteiger partial charge in [-0.05, 0) is 35.4 Å². The van der Waals surface area contributed by atoms with Crippen molar-refractivity contribution in [1.82, 2.24) is 10.3 Å². The minimum atomic E-state index is -3.37. The van der Waals surface area contributed by atoms with Crippen molar-refractivity contribution in [3.05, 3.63) is 89.6 Å². The predicted molar refractivity (Wildman–Crippen MR) is 118 cm³/mol. The summed E-state index contributed by atoms with van der Waals surface area (Å²) in [7, 11) is -3.37. The summed E-state index contributed by atoms with van der Waals surface area (Å²) >= 11 is 0. The van der Waals surface area contributed by atoms with Gasteiger partial charge in [0.1, 0.15) is 5.75 Å². The van der Waals surface area contributed by atoms with Crippen LogP contribution in [0.4, 0.5) is 0 Å². The van der Waals surface area contributed by atoms with Gasteiger partial charge in [-0.1, -0.05) is 47.6 Å². The van der Waals surface area contributed by atoms with Crippen LogP contribution in [0.15, 0.2) is 83.1 Å². The molecule has 0 spiro atoms. The van der Waals surface area contributed by atoms with Crippen LogP contribution in [-0.4, -0.2) is 31.5 Å². The number of aromatic nitrogens is 1. The summed E-state index contributed by atoms with van der Waals surface area (Å²) in [6, 6.07) is 19.7. The molecule has 1 aromatic heterocycles. The van der Waals surface area contributed by atoms with Gasteiger partial charge in [-0.3, -0.25) is 4.79 Å². The number of carbonyl (C=O) groups excluding carboxylic acids is 1. The van der Waals surface area contributed by atoms with E-state index in [4.69, 9.17) is 9.57 Å². The fraction of sp³-hybridized carbons (Fsp3) is 0.174. The highest BCUT2D eigenvalue weighted by Crippen LogP contribution is 2.28. The normalized spacial score (nSPS) is 15.5. The summed E-state index contributed by atoms with van der Waals surface area (Å²) in [5.74, 6) is 0.567. The zero-order valence-corrected chi connectivity index (χ0v) is 18.1. The third-order valence-electron chi connectivity index (χ3n) is 4.81. The quantitative estimate of drug-likeness (QED) is 0.616. The second-order valence-corrected chi connectivity index (χ2v) is 9.24. The Labute approximate surface area is 185 Å². The zero-order valence-electron chi connectivity index (χ0n) is 17.3. The molecule has 1 N–H and O–H groups in total. The van der Waals surface area contributed by atoms with Gasteiger partial charge in [-0.2, -0.15) is 0 Å². The minimum absolute atomic E-state index is 0.0276. The van der Waals surface area contributed by atoms with E-state index >= 15 is 0 Å². The summed E-state index contributed by atoms with van der Waals surface area (Å²) in [6.07, 6.45) is 2.48. The van der Waals surface area contributed by atoms with Gasteiger partial charge in [-0.15, -0.1) is 0 Å². The number of nitrogens with zero attached hydrogens (tertiary/aromatic N) is 2. The first kappa shape index (κ1) is 21.5. The second kappa shape index (κ2) is 9.19. The van der Waals surface area contributed by atoms with E-state index in [0.29, 0.717) is 30.2 Å². The molecule has 0 fully saturated rings. The van der Waals surface area contributed by atoms with Crippen molar-refractivity contribution < 1.29 is 22.8 Å². The van der Waals surface area contributed by atoms with Gasteiger partial charge in [0.15, 0.2) is 21.0 Å². The molecule has 1 aliphatic heterocycles. The van der Waals surface area contributed by atoms with Crippen LogP contribution in [0.1, 0.15) is 34.0 Å². The average Bonchev–Trinajstić information content (AvgIpc) is 3.26. The van der Waals surface area contributed by atoms with E-state index in [-0.39, 0.29) is 17.0 Å². The van der Waals surface area contributed by atoms with E-state index in [1.807, 2.05) is 42.5 Å². The lowest BCUT2D eigenvalue weighted by molar-refractivity contribution is 0.0854. The van der Waals surface area contributed by atoms with Crippen molar-refractivity contribution in [2.75, 3.05) is 6.26 Å². The molecule has 1 atom stereocenters. The third kappa shape index (κ3) is 5.30. The summed E-state index contributed by atoms with van der Waals surface area (Å²) in [6.45, 7) is 0.460. The Bertz CT molecular complexity index is 1220. The summed E-state index contributed by atoms with van der Waals surface area (Å²) < 4.78 is 28.6. The molecular weight excluding hydrogens is 430 g/mol. The minimum Gasteiger partial charge on any atom is -0.438 e. The number of hydrogen-bond acceptors (Lipinski definition) is 7. The third-order valence-corrected chi connectivity index (χ3v) is 5.81. The van der Waals surface area contributed by atoms with Crippen LogP contribution in [0.25, 0.3) is 0 Å². The Morgan fingerprint density at radius 1 is 1.09 bits per heavy atom. The van der Waals surface area contributed by atoms with Crippen LogP contribution < -0.4 is 10.1 Å². The average molecular weight is 452 g/mol. The highest BCUT2D eigenvalue weighted by atomic mass is 32.2. The Hall–Kier alpha value is -3.72. The molecule has 0 radical (unpaired) electrons. The standard InChI is InChI=1S/C23H21N3O5S/c1-32(28,29)22-12-11-19(15-24-22)30-21-13-20(31-26-21)17-7-9-18(10-8-17)23(27)25-14-16-5-3-2-4-6-16/h2-12,15,20H,13-14H2,1H3,(H,25,27)/t20-/m0/s1. The molecule has 164 valence electrons. The van der Waals surface area contributed by atoms with Crippen molar-refractivity contribution in [2.24, 2.45) is 5.16 Å². The van der Waals surface area contributed by atoms with Gasteiger partial charge in [0.2, 0.25) is 5.90 Å². The Morgan fingerprint density at radius 2 is 1.84 bits per heavy atom. The van der Waals surface area contributed by atoms with Crippen molar-refractivity contribution in [3.8, 4) is 5.75 Å². The monoisotopic (exact) mass is 451 g/mol. The molecule has 1 amide bonds. The topological polar surface area (TPSA) is 107 Å². The van der Waals surface area contributed by atoms with Crippen LogP contribution in [0.3, 0.4) is 0 Å². The number of oxime groups is 1. The van der Waals surface area contributed by atoms with Crippen molar-refractivity contribution in [2.45, 2.75) is 24.1 Å². The smallest absolute Gasteiger partial charge is 0.251 e. The number of ether oxygens (including phenoxy) is 1. The molecule has 4 rings (SSSR count). The SMILES string of the molecule is CS(=O)(=O)c1ccc(OC2=NO[C@H](c3ccc(C(=O)NCc4ccccc4)cc3)C2)cn1. The predicted octanol–water partition coefficient (Wildman–Crippen LogP) is 3.27. The van der Waals surface area contributed by atoms with E-state index < -0.39 is 9.84 Å². The summed E-state index contributed by atoms with van der Waals surface area (Å²) in [5.41, 5.74) is 2.44. The fourth-order valence-electron chi connectivity index (χ4n) is 3.11. The number of carbonyl (C=O) groups is 1. The Kier molecular flexibility index (Phi) is 6.18. The first-order valence-electron chi connectivity index (χ1n) is 9.87. The molecule has 1 aliphatic rings.